The molecular formula is C16H22BrN2O3+. The molecule has 1 saturated heterocycles. The summed E-state index contributed by atoms with van der Waals surface area (Å²) in [5.41, 5.74) is 0.776. The van der Waals surface area contributed by atoms with Crippen LogP contribution in [0.15, 0.2) is 28.7 Å². The summed E-state index contributed by atoms with van der Waals surface area (Å²) in [5, 5.41) is 2.89. The number of piperidine rings is 1. The molecule has 0 aliphatic carbocycles. The molecule has 0 saturated carbocycles. The second-order valence-electron chi connectivity index (χ2n) is 5.53. The van der Waals surface area contributed by atoms with Crippen LogP contribution in [0.4, 0.5) is 5.69 Å². The quantitative estimate of drug-likeness (QED) is 0.767. The predicted molar refractivity (Wildman–Crippen MR) is 87.7 cm³/mol. The molecule has 1 unspecified atom stereocenters. The maximum absolute atomic E-state index is 12.1. The van der Waals surface area contributed by atoms with E-state index in [0.29, 0.717) is 19.7 Å². The van der Waals surface area contributed by atoms with Gasteiger partial charge >= 0.3 is 5.97 Å². The minimum atomic E-state index is -0.132. The van der Waals surface area contributed by atoms with Gasteiger partial charge in [-0.3, -0.25) is 9.59 Å². The molecule has 1 heterocycles. The average molecular weight is 370 g/mol. The van der Waals surface area contributed by atoms with Crippen LogP contribution < -0.4 is 10.2 Å². The number of hydrogen-bond acceptors (Lipinski definition) is 3. The fourth-order valence-corrected chi connectivity index (χ4v) is 3.17. The highest BCUT2D eigenvalue weighted by atomic mass is 79.9. The molecule has 5 nitrogen and oxygen atoms in total. The van der Waals surface area contributed by atoms with Crippen LogP contribution in [0.2, 0.25) is 0 Å². The zero-order chi connectivity index (χ0) is 15.9. The molecule has 0 radical (unpaired) electrons. The van der Waals surface area contributed by atoms with Crippen molar-refractivity contribution in [2.24, 2.45) is 5.92 Å². The second kappa shape index (κ2) is 8.29. The Hall–Kier alpha value is -1.40. The van der Waals surface area contributed by atoms with E-state index in [1.165, 1.54) is 0 Å². The Morgan fingerprint density at radius 1 is 1.45 bits per heavy atom. The van der Waals surface area contributed by atoms with E-state index < -0.39 is 0 Å². The summed E-state index contributed by atoms with van der Waals surface area (Å²) in [5.74, 6) is -0.243. The van der Waals surface area contributed by atoms with Gasteiger partial charge in [-0.25, -0.2) is 0 Å². The number of nitrogens with one attached hydrogen (secondary N) is 2. The minimum Gasteiger partial charge on any atom is -0.466 e. The Morgan fingerprint density at radius 2 is 2.27 bits per heavy atom. The van der Waals surface area contributed by atoms with Crippen LogP contribution in [0.25, 0.3) is 0 Å². The number of halogens is 1. The molecule has 2 N–H and O–H groups in total. The maximum Gasteiger partial charge on any atom is 0.314 e. The van der Waals surface area contributed by atoms with E-state index >= 15 is 0 Å². The van der Waals surface area contributed by atoms with Crippen molar-refractivity contribution in [1.82, 2.24) is 0 Å². The Morgan fingerprint density at radius 3 is 3.00 bits per heavy atom. The first-order valence-corrected chi connectivity index (χ1v) is 8.43. The number of quaternary nitrogens is 1. The number of carbonyl (C=O) groups is 2. The highest BCUT2D eigenvalue weighted by Gasteiger charge is 2.30. The zero-order valence-electron chi connectivity index (χ0n) is 12.7. The third-order valence-electron chi connectivity index (χ3n) is 3.76. The van der Waals surface area contributed by atoms with Crippen molar-refractivity contribution in [1.29, 1.82) is 0 Å². The fourth-order valence-electron chi connectivity index (χ4n) is 2.77. The number of esters is 1. The summed E-state index contributed by atoms with van der Waals surface area (Å²) in [6.07, 6.45) is 1.80. The molecule has 1 fully saturated rings. The monoisotopic (exact) mass is 369 g/mol. The number of anilines is 1. The minimum absolute atomic E-state index is 0.0300. The molecule has 2 atom stereocenters. The zero-order valence-corrected chi connectivity index (χ0v) is 14.3. The van der Waals surface area contributed by atoms with Crippen LogP contribution in [-0.2, 0) is 14.3 Å². The number of amides is 1. The highest BCUT2D eigenvalue weighted by molar-refractivity contribution is 9.10. The molecule has 6 heteroatoms. The van der Waals surface area contributed by atoms with Crippen molar-refractivity contribution < 1.29 is 19.2 Å². The van der Waals surface area contributed by atoms with Gasteiger partial charge in [0.1, 0.15) is 5.92 Å². The number of rotatable bonds is 5. The van der Waals surface area contributed by atoms with Gasteiger partial charge < -0.3 is 15.0 Å². The lowest BCUT2D eigenvalue weighted by Gasteiger charge is -2.28. The maximum atomic E-state index is 12.1. The Kier molecular flexibility index (Phi) is 6.39. The third-order valence-corrected chi connectivity index (χ3v) is 4.25. The van der Waals surface area contributed by atoms with Gasteiger partial charge in [-0.05, 0) is 38.0 Å². The van der Waals surface area contributed by atoms with Gasteiger partial charge in [0.2, 0.25) is 0 Å². The molecule has 0 spiro atoms. The Bertz CT molecular complexity index is 536. The molecule has 1 aromatic carbocycles. The van der Waals surface area contributed by atoms with Gasteiger partial charge in [-0.15, -0.1) is 0 Å². The van der Waals surface area contributed by atoms with Crippen LogP contribution in [0, 0.1) is 5.92 Å². The normalized spacial score (nSPS) is 21.2. The van der Waals surface area contributed by atoms with Crippen LogP contribution in [-0.4, -0.2) is 38.1 Å². The molecule has 1 amide bonds. The smallest absolute Gasteiger partial charge is 0.314 e. The summed E-state index contributed by atoms with van der Waals surface area (Å²) < 4.78 is 6.01. The number of carbonyl (C=O) groups excluding carboxylic acids is 2. The lowest BCUT2D eigenvalue weighted by atomic mass is 9.98. The van der Waals surface area contributed by atoms with E-state index in [1.807, 2.05) is 31.2 Å². The van der Waals surface area contributed by atoms with Gasteiger partial charge in [0, 0.05) is 10.2 Å². The number of hydrogen-bond donors (Lipinski definition) is 2. The van der Waals surface area contributed by atoms with E-state index in [9.17, 15) is 9.59 Å². The number of ether oxygens (including phenoxy) is 1. The summed E-state index contributed by atoms with van der Waals surface area (Å²) in [4.78, 5) is 25.1. The second-order valence-corrected chi connectivity index (χ2v) is 6.45. The SMILES string of the molecule is CCOC(=O)[C@@H]1CCC[NH+](CC(=O)Nc2cccc(Br)c2)C1. The predicted octanol–water partition coefficient (Wildman–Crippen LogP) is 1.25. The molecule has 1 aliphatic heterocycles. The van der Waals surface area contributed by atoms with E-state index in [1.54, 1.807) is 0 Å². The standard InChI is InChI=1S/C16H21BrN2O3/c1-2-22-16(21)12-5-4-8-19(10-12)11-15(20)18-14-7-3-6-13(17)9-14/h3,6-7,9,12H,2,4-5,8,10-11H2,1H3,(H,18,20)/p+1/t12-/m1/s1. The van der Waals surface area contributed by atoms with E-state index in [4.69, 9.17) is 4.74 Å². The molecule has 1 aromatic rings. The van der Waals surface area contributed by atoms with Crippen molar-refractivity contribution in [3.05, 3.63) is 28.7 Å². The summed E-state index contributed by atoms with van der Waals surface area (Å²) in [6.45, 7) is 4.19. The van der Waals surface area contributed by atoms with E-state index in [2.05, 4.69) is 21.2 Å². The van der Waals surface area contributed by atoms with Crippen molar-refractivity contribution >= 4 is 33.5 Å². The lowest BCUT2D eigenvalue weighted by Crippen LogP contribution is -3.14. The van der Waals surface area contributed by atoms with Crippen LogP contribution in [0.5, 0.6) is 0 Å². The van der Waals surface area contributed by atoms with Crippen LogP contribution in [0.3, 0.4) is 0 Å². The fraction of sp³-hybridized carbons (Fsp3) is 0.500. The van der Waals surface area contributed by atoms with Crippen LogP contribution >= 0.6 is 15.9 Å². The van der Waals surface area contributed by atoms with Crippen molar-refractivity contribution in [3.63, 3.8) is 0 Å². The van der Waals surface area contributed by atoms with Gasteiger partial charge in [-0.2, -0.15) is 0 Å². The van der Waals surface area contributed by atoms with Gasteiger partial charge in [0.05, 0.1) is 19.7 Å². The topological polar surface area (TPSA) is 59.8 Å². The van der Waals surface area contributed by atoms with Crippen LogP contribution in [0.1, 0.15) is 19.8 Å². The first-order chi connectivity index (χ1) is 10.6. The van der Waals surface area contributed by atoms with Gasteiger partial charge in [0.25, 0.3) is 5.91 Å². The largest absolute Gasteiger partial charge is 0.466 e. The molecule has 2 rings (SSSR count). The average Bonchev–Trinajstić information content (AvgIpc) is 2.47. The number of benzene rings is 1. The molecule has 0 aromatic heterocycles. The molecular weight excluding hydrogens is 348 g/mol. The van der Waals surface area contributed by atoms with E-state index in [0.717, 1.165) is 34.4 Å². The first-order valence-electron chi connectivity index (χ1n) is 7.64. The van der Waals surface area contributed by atoms with Gasteiger partial charge in [0.15, 0.2) is 6.54 Å². The summed E-state index contributed by atoms with van der Waals surface area (Å²) in [7, 11) is 0. The third kappa shape index (κ3) is 5.10. The van der Waals surface area contributed by atoms with Crippen molar-refractivity contribution in [2.75, 3.05) is 31.6 Å². The molecule has 22 heavy (non-hydrogen) atoms. The summed E-state index contributed by atoms with van der Waals surface area (Å²) >= 11 is 3.38. The first kappa shape index (κ1) is 17.0. The summed E-state index contributed by atoms with van der Waals surface area (Å²) in [6, 6.07) is 7.51. The lowest BCUT2D eigenvalue weighted by molar-refractivity contribution is -0.899. The van der Waals surface area contributed by atoms with Crippen molar-refractivity contribution in [2.45, 2.75) is 19.8 Å². The molecule has 1 aliphatic rings. The highest BCUT2D eigenvalue weighted by Crippen LogP contribution is 2.15. The van der Waals surface area contributed by atoms with Gasteiger partial charge in [-0.1, -0.05) is 22.0 Å². The van der Waals surface area contributed by atoms with Crippen molar-refractivity contribution in [3.8, 4) is 0 Å². The Labute approximate surface area is 139 Å². The van der Waals surface area contributed by atoms with E-state index in [-0.39, 0.29) is 17.8 Å². The molecule has 120 valence electrons. The molecule has 0 bridgehead atoms. The number of likely N-dealkylation sites (tertiary alicyclic amines) is 1. The Balaban J connectivity index is 1.84.